The Balaban J connectivity index is 1.56. The molecule has 4 rings (SSSR count). The van der Waals surface area contributed by atoms with Crippen LogP contribution in [0.15, 0.2) is 11.6 Å². The van der Waals surface area contributed by atoms with Crippen LogP contribution in [0.2, 0.25) is 0 Å². The predicted octanol–water partition coefficient (Wildman–Crippen LogP) is 2.27. The molecule has 2 aliphatic rings. The zero-order valence-corrected chi connectivity index (χ0v) is 12.9. The van der Waals surface area contributed by atoms with Crippen LogP contribution in [0, 0.1) is 0 Å². The van der Waals surface area contributed by atoms with Crippen LogP contribution in [-0.4, -0.2) is 52.8 Å². The molecule has 0 N–H and O–H groups in total. The molecule has 1 atom stereocenters. The van der Waals surface area contributed by atoms with Gasteiger partial charge in [-0.3, -0.25) is 14.1 Å². The Morgan fingerprint density at radius 1 is 1.24 bits per heavy atom. The highest BCUT2D eigenvalue weighted by Crippen LogP contribution is 2.28. The summed E-state index contributed by atoms with van der Waals surface area (Å²) >= 11 is 1.58. The molecule has 2 aliphatic heterocycles. The van der Waals surface area contributed by atoms with Gasteiger partial charge < -0.3 is 4.90 Å². The molecule has 2 aromatic rings. The second kappa shape index (κ2) is 5.42. The van der Waals surface area contributed by atoms with E-state index in [1.54, 1.807) is 11.3 Å². The topological polar surface area (TPSA) is 40.9 Å². The second-order valence-electron chi connectivity index (χ2n) is 5.98. The number of hydrogen-bond acceptors (Lipinski definition) is 5. The number of likely N-dealkylation sites (tertiary alicyclic amines) is 1. The van der Waals surface area contributed by atoms with Gasteiger partial charge in [-0.1, -0.05) is 6.42 Å². The third-order valence-electron chi connectivity index (χ3n) is 4.76. The number of carbonyl (C=O) groups excluding carboxylic acids is 1. The molecule has 6 heteroatoms. The first-order valence-electron chi connectivity index (χ1n) is 7.76. The molecule has 0 aromatic carbocycles. The van der Waals surface area contributed by atoms with E-state index in [-0.39, 0.29) is 0 Å². The summed E-state index contributed by atoms with van der Waals surface area (Å²) in [5.41, 5.74) is 0.700. The van der Waals surface area contributed by atoms with Gasteiger partial charge in [-0.25, -0.2) is 4.98 Å². The summed E-state index contributed by atoms with van der Waals surface area (Å²) in [5, 5.41) is 1.97. The number of nitrogens with zero attached hydrogens (tertiary/aromatic N) is 4. The maximum absolute atomic E-state index is 11.4. The minimum absolute atomic E-state index is 0.629. The maximum atomic E-state index is 11.4. The van der Waals surface area contributed by atoms with Crippen molar-refractivity contribution < 1.29 is 4.79 Å². The van der Waals surface area contributed by atoms with E-state index in [1.807, 2.05) is 16.0 Å². The van der Waals surface area contributed by atoms with Crippen molar-refractivity contribution in [1.29, 1.82) is 0 Å². The van der Waals surface area contributed by atoms with E-state index >= 15 is 0 Å². The molecule has 0 aliphatic carbocycles. The summed E-state index contributed by atoms with van der Waals surface area (Å²) in [6.45, 7) is 4.48. The lowest BCUT2D eigenvalue weighted by molar-refractivity contribution is 0.111. The quantitative estimate of drug-likeness (QED) is 0.816. The fourth-order valence-electron chi connectivity index (χ4n) is 3.65. The number of anilines is 1. The molecule has 2 aromatic heterocycles. The van der Waals surface area contributed by atoms with Crippen molar-refractivity contribution >= 4 is 28.4 Å². The van der Waals surface area contributed by atoms with Gasteiger partial charge in [0.05, 0.1) is 0 Å². The lowest BCUT2D eigenvalue weighted by Crippen LogP contribution is -2.41. The Labute approximate surface area is 128 Å². The first-order valence-corrected chi connectivity index (χ1v) is 8.64. The standard InChI is InChI=1S/C15H20N4OS/c20-11-13-14(16-15-19(13)8-9-21-15)18-7-4-12(10-18)17-5-2-1-3-6-17/h8-9,11-12H,1-7,10H2. The van der Waals surface area contributed by atoms with Crippen molar-refractivity contribution in [2.24, 2.45) is 0 Å². The molecule has 2 fully saturated rings. The van der Waals surface area contributed by atoms with Crippen LogP contribution < -0.4 is 4.90 Å². The summed E-state index contributed by atoms with van der Waals surface area (Å²) in [4.78, 5) is 21.9. The van der Waals surface area contributed by atoms with Crippen molar-refractivity contribution in [3.63, 3.8) is 0 Å². The zero-order valence-electron chi connectivity index (χ0n) is 12.1. The number of hydrogen-bond donors (Lipinski definition) is 0. The summed E-state index contributed by atoms with van der Waals surface area (Å²) in [7, 11) is 0. The largest absolute Gasteiger partial charge is 0.353 e. The zero-order chi connectivity index (χ0) is 14.2. The average molecular weight is 304 g/mol. The van der Waals surface area contributed by atoms with Crippen LogP contribution in [-0.2, 0) is 0 Å². The molecule has 1 unspecified atom stereocenters. The van der Waals surface area contributed by atoms with Gasteiger partial charge in [0.1, 0.15) is 5.69 Å². The fraction of sp³-hybridized carbons (Fsp3) is 0.600. The highest BCUT2D eigenvalue weighted by atomic mass is 32.1. The van der Waals surface area contributed by atoms with Gasteiger partial charge in [-0.15, -0.1) is 11.3 Å². The van der Waals surface area contributed by atoms with Gasteiger partial charge in [0.2, 0.25) is 0 Å². The molecular weight excluding hydrogens is 284 g/mol. The Bertz CT molecular complexity index is 643. The highest BCUT2D eigenvalue weighted by Gasteiger charge is 2.31. The van der Waals surface area contributed by atoms with Gasteiger partial charge >= 0.3 is 0 Å². The van der Waals surface area contributed by atoms with E-state index in [2.05, 4.69) is 14.8 Å². The Morgan fingerprint density at radius 2 is 2.10 bits per heavy atom. The number of aromatic nitrogens is 2. The van der Waals surface area contributed by atoms with E-state index in [4.69, 9.17) is 0 Å². The Kier molecular flexibility index (Phi) is 3.43. The molecule has 0 saturated carbocycles. The van der Waals surface area contributed by atoms with Crippen LogP contribution in [0.3, 0.4) is 0 Å². The van der Waals surface area contributed by atoms with Crippen LogP contribution in [0.25, 0.3) is 4.96 Å². The van der Waals surface area contributed by atoms with Gasteiger partial charge in [0.25, 0.3) is 0 Å². The SMILES string of the molecule is O=Cc1c(N2CCC(N3CCCCC3)C2)nc2sccn12. The predicted molar refractivity (Wildman–Crippen MR) is 84.5 cm³/mol. The second-order valence-corrected chi connectivity index (χ2v) is 6.85. The number of rotatable bonds is 3. The van der Waals surface area contributed by atoms with Gasteiger partial charge in [-0.2, -0.15) is 0 Å². The van der Waals surface area contributed by atoms with Crippen molar-refractivity contribution in [2.75, 3.05) is 31.1 Å². The minimum Gasteiger partial charge on any atom is -0.353 e. The molecular formula is C15H20N4OS. The van der Waals surface area contributed by atoms with E-state index < -0.39 is 0 Å². The third-order valence-corrected chi connectivity index (χ3v) is 5.52. The molecule has 5 nitrogen and oxygen atoms in total. The normalized spacial score (nSPS) is 24.0. The smallest absolute Gasteiger partial charge is 0.196 e. The van der Waals surface area contributed by atoms with Crippen molar-refractivity contribution in [1.82, 2.24) is 14.3 Å². The molecule has 4 heterocycles. The van der Waals surface area contributed by atoms with Crippen molar-refractivity contribution in [3.05, 3.63) is 17.3 Å². The lowest BCUT2D eigenvalue weighted by atomic mass is 10.1. The number of carbonyl (C=O) groups is 1. The number of imidazole rings is 1. The average Bonchev–Trinajstić information content (AvgIpc) is 3.22. The molecule has 0 bridgehead atoms. The summed E-state index contributed by atoms with van der Waals surface area (Å²) in [6.07, 6.45) is 8.09. The molecule has 2 saturated heterocycles. The number of aldehydes is 1. The number of thiazole rings is 1. The molecule has 112 valence electrons. The monoisotopic (exact) mass is 304 g/mol. The van der Waals surface area contributed by atoms with Crippen molar-refractivity contribution in [3.8, 4) is 0 Å². The first-order chi connectivity index (χ1) is 10.4. The number of fused-ring (bicyclic) bond motifs is 1. The van der Waals surface area contributed by atoms with Crippen LogP contribution >= 0.6 is 11.3 Å². The van der Waals surface area contributed by atoms with E-state index in [9.17, 15) is 4.79 Å². The molecule has 0 radical (unpaired) electrons. The van der Waals surface area contributed by atoms with Crippen LogP contribution in [0.1, 0.15) is 36.2 Å². The molecule has 0 spiro atoms. The van der Waals surface area contributed by atoms with Gasteiger partial charge in [0.15, 0.2) is 17.1 Å². The lowest BCUT2D eigenvalue weighted by Gasteiger charge is -2.32. The molecule has 0 amide bonds. The van der Waals surface area contributed by atoms with Crippen LogP contribution in [0.5, 0.6) is 0 Å². The molecule has 21 heavy (non-hydrogen) atoms. The fourth-order valence-corrected chi connectivity index (χ4v) is 4.37. The third kappa shape index (κ3) is 2.26. The van der Waals surface area contributed by atoms with Crippen LogP contribution in [0.4, 0.5) is 5.82 Å². The number of piperidine rings is 1. The Morgan fingerprint density at radius 3 is 2.90 bits per heavy atom. The van der Waals surface area contributed by atoms with Gasteiger partial charge in [0, 0.05) is 30.7 Å². The first kappa shape index (κ1) is 13.3. The highest BCUT2D eigenvalue weighted by molar-refractivity contribution is 7.15. The Hall–Kier alpha value is -1.40. The van der Waals surface area contributed by atoms with E-state index in [1.165, 1.54) is 38.8 Å². The van der Waals surface area contributed by atoms with E-state index in [0.29, 0.717) is 11.7 Å². The van der Waals surface area contributed by atoms with Crippen molar-refractivity contribution in [2.45, 2.75) is 31.7 Å². The maximum Gasteiger partial charge on any atom is 0.196 e. The summed E-state index contributed by atoms with van der Waals surface area (Å²) in [6, 6.07) is 0.629. The van der Waals surface area contributed by atoms with Gasteiger partial charge in [-0.05, 0) is 32.4 Å². The summed E-state index contributed by atoms with van der Waals surface area (Å²) < 4.78 is 1.90. The van der Waals surface area contributed by atoms with E-state index in [0.717, 1.165) is 30.2 Å². The minimum atomic E-state index is 0.629. The summed E-state index contributed by atoms with van der Waals surface area (Å²) in [5.74, 6) is 0.872.